The number of hydrogen-bond donors (Lipinski definition) is 2. The molecule has 0 unspecified atom stereocenters. The molecule has 4 aromatic rings. The summed E-state index contributed by atoms with van der Waals surface area (Å²) in [6.45, 7) is 3.06. The van der Waals surface area contributed by atoms with Crippen LogP contribution in [0.2, 0.25) is 0 Å². The Morgan fingerprint density at radius 1 is 1.14 bits per heavy atom. The van der Waals surface area contributed by atoms with Crippen LogP contribution in [0.1, 0.15) is 20.3 Å². The van der Waals surface area contributed by atoms with E-state index in [1.165, 1.54) is 0 Å². The van der Waals surface area contributed by atoms with E-state index in [0.29, 0.717) is 10.9 Å². The number of rotatable bonds is 6. The maximum Gasteiger partial charge on any atom is 0.185 e. The minimum absolute atomic E-state index is 0.150. The molecule has 0 aliphatic heterocycles. The molecule has 0 amide bonds. The number of benzene rings is 2. The fourth-order valence-electron chi connectivity index (χ4n) is 3.27. The summed E-state index contributed by atoms with van der Waals surface area (Å²) in [4.78, 5) is 8.89. The van der Waals surface area contributed by atoms with Crippen molar-refractivity contribution in [3.05, 3.63) is 54.2 Å². The molecule has 29 heavy (non-hydrogen) atoms. The monoisotopic (exact) mass is 427 g/mol. The minimum Gasteiger partial charge on any atom is -0.396 e. The van der Waals surface area contributed by atoms with E-state index in [1.54, 1.807) is 43.5 Å². The predicted molar refractivity (Wildman–Crippen MR) is 118 cm³/mol. The predicted octanol–water partition coefficient (Wildman–Crippen LogP) is 4.52. The summed E-state index contributed by atoms with van der Waals surface area (Å²) in [6.07, 6.45) is 1.75. The first-order valence-electron chi connectivity index (χ1n) is 9.17. The second kappa shape index (κ2) is 7.37. The molecule has 0 radical (unpaired) electrons. The molecule has 2 N–H and O–H groups in total. The Hall–Kier alpha value is -2.55. The third-order valence-corrected chi connectivity index (χ3v) is 8.45. The molecule has 0 bridgehead atoms. The first-order chi connectivity index (χ1) is 13.8. The van der Waals surface area contributed by atoms with Crippen LogP contribution in [0.3, 0.4) is 0 Å². The Bertz CT molecular complexity index is 1300. The van der Waals surface area contributed by atoms with Crippen LogP contribution in [0.25, 0.3) is 21.1 Å². The molecule has 0 atom stereocenters. The molecule has 150 valence electrons. The van der Waals surface area contributed by atoms with Crippen molar-refractivity contribution >= 4 is 53.7 Å². The van der Waals surface area contributed by atoms with Gasteiger partial charge in [-0.15, -0.1) is 11.3 Å². The van der Waals surface area contributed by atoms with E-state index in [1.807, 2.05) is 35.8 Å². The van der Waals surface area contributed by atoms with E-state index in [-0.39, 0.29) is 17.9 Å². The number of thiazole rings is 1. The van der Waals surface area contributed by atoms with Crippen LogP contribution in [-0.2, 0) is 9.84 Å². The Balaban J connectivity index is 1.81. The van der Waals surface area contributed by atoms with Gasteiger partial charge in [0.2, 0.25) is 0 Å². The molecule has 0 fully saturated rings. The number of anilines is 2. The van der Waals surface area contributed by atoms with Gasteiger partial charge in [-0.25, -0.2) is 13.4 Å². The largest absolute Gasteiger partial charge is 0.396 e. The highest BCUT2D eigenvalue weighted by atomic mass is 32.2. The van der Waals surface area contributed by atoms with Crippen LogP contribution in [0.15, 0.2) is 59.1 Å². The average Bonchev–Trinajstić information content (AvgIpc) is 3.15. The van der Waals surface area contributed by atoms with Gasteiger partial charge in [-0.2, -0.15) is 0 Å². The van der Waals surface area contributed by atoms with Crippen molar-refractivity contribution in [3.63, 3.8) is 0 Å². The van der Waals surface area contributed by atoms with Gasteiger partial charge in [0.15, 0.2) is 9.84 Å². The third kappa shape index (κ3) is 3.48. The van der Waals surface area contributed by atoms with Crippen LogP contribution >= 0.6 is 11.3 Å². The fraction of sp³-hybridized carbons (Fsp3) is 0.238. The van der Waals surface area contributed by atoms with E-state index >= 15 is 0 Å². The van der Waals surface area contributed by atoms with Gasteiger partial charge >= 0.3 is 0 Å². The first-order valence-corrected chi connectivity index (χ1v) is 11.5. The lowest BCUT2D eigenvalue weighted by Gasteiger charge is -2.24. The summed E-state index contributed by atoms with van der Waals surface area (Å²) in [7, 11) is -3.70. The van der Waals surface area contributed by atoms with Gasteiger partial charge in [-0.3, -0.25) is 4.98 Å². The van der Waals surface area contributed by atoms with Crippen LogP contribution < -0.4 is 5.32 Å². The number of aliphatic hydroxyl groups is 1. The molecule has 0 saturated carbocycles. The van der Waals surface area contributed by atoms with Gasteiger partial charge < -0.3 is 10.4 Å². The van der Waals surface area contributed by atoms with Crippen molar-refractivity contribution in [1.82, 2.24) is 9.97 Å². The van der Waals surface area contributed by atoms with Gasteiger partial charge in [0.05, 0.1) is 30.9 Å². The van der Waals surface area contributed by atoms with E-state index in [9.17, 15) is 13.5 Å². The van der Waals surface area contributed by atoms with Crippen LogP contribution in [-0.4, -0.2) is 34.8 Å². The summed E-state index contributed by atoms with van der Waals surface area (Å²) in [5.74, 6) is 0. The van der Waals surface area contributed by atoms with Crippen LogP contribution in [0.4, 0.5) is 11.4 Å². The van der Waals surface area contributed by atoms with Gasteiger partial charge in [-0.1, -0.05) is 12.1 Å². The highest BCUT2D eigenvalue weighted by Gasteiger charge is 2.36. The third-order valence-electron chi connectivity index (χ3n) is 5.07. The van der Waals surface area contributed by atoms with Gasteiger partial charge in [-0.05, 0) is 50.6 Å². The van der Waals surface area contributed by atoms with Crippen molar-refractivity contribution in [2.75, 3.05) is 11.9 Å². The number of hydrogen-bond acceptors (Lipinski definition) is 7. The zero-order valence-corrected chi connectivity index (χ0v) is 17.7. The lowest BCUT2D eigenvalue weighted by atomic mass is 10.1. The van der Waals surface area contributed by atoms with Crippen LogP contribution in [0.5, 0.6) is 0 Å². The Labute approximate surface area is 173 Å². The van der Waals surface area contributed by atoms with E-state index in [4.69, 9.17) is 0 Å². The lowest BCUT2D eigenvalue weighted by Crippen LogP contribution is -2.33. The molecule has 6 nitrogen and oxygen atoms in total. The van der Waals surface area contributed by atoms with Crippen molar-refractivity contribution < 1.29 is 13.5 Å². The molecule has 2 heterocycles. The first kappa shape index (κ1) is 19.8. The van der Waals surface area contributed by atoms with Crippen LogP contribution in [0, 0.1) is 0 Å². The quantitative estimate of drug-likeness (QED) is 0.470. The number of nitrogens with zero attached hydrogens (tertiary/aromatic N) is 2. The summed E-state index contributed by atoms with van der Waals surface area (Å²) in [5.41, 5.74) is 4.76. The number of sulfone groups is 1. The summed E-state index contributed by atoms with van der Waals surface area (Å²) in [6, 6.07) is 12.9. The Kier molecular flexibility index (Phi) is 5.02. The Morgan fingerprint density at radius 3 is 2.76 bits per heavy atom. The highest BCUT2D eigenvalue weighted by Crippen LogP contribution is 2.35. The molecule has 0 aliphatic carbocycles. The fourth-order valence-corrected chi connectivity index (χ4v) is 5.56. The molecular weight excluding hydrogens is 406 g/mol. The number of fused-ring (bicyclic) bond motifs is 2. The number of aliphatic hydroxyl groups excluding tert-OH is 1. The zero-order chi connectivity index (χ0) is 20.6. The second-order valence-electron chi connectivity index (χ2n) is 7.41. The Morgan fingerprint density at radius 2 is 1.97 bits per heavy atom. The average molecular weight is 428 g/mol. The van der Waals surface area contributed by atoms with Gasteiger partial charge in [0.25, 0.3) is 0 Å². The van der Waals surface area contributed by atoms with Crippen molar-refractivity contribution in [2.24, 2.45) is 0 Å². The minimum atomic E-state index is -3.70. The smallest absolute Gasteiger partial charge is 0.185 e. The maximum absolute atomic E-state index is 13.3. The van der Waals surface area contributed by atoms with Gasteiger partial charge in [0.1, 0.15) is 0 Å². The maximum atomic E-state index is 13.3. The molecule has 4 rings (SSSR count). The molecule has 2 aromatic heterocycles. The molecule has 2 aromatic carbocycles. The molecule has 0 spiro atoms. The summed E-state index contributed by atoms with van der Waals surface area (Å²) in [5, 5.41) is 13.4. The number of nitrogens with one attached hydrogen (secondary N) is 1. The lowest BCUT2D eigenvalue weighted by molar-refractivity contribution is 0.272. The normalized spacial score (nSPS) is 12.5. The van der Waals surface area contributed by atoms with Crippen molar-refractivity contribution in [1.29, 1.82) is 0 Å². The second-order valence-corrected chi connectivity index (χ2v) is 10.8. The van der Waals surface area contributed by atoms with E-state index in [0.717, 1.165) is 21.6 Å². The number of pyridine rings is 1. The zero-order valence-electron chi connectivity index (χ0n) is 16.1. The molecule has 0 saturated heterocycles. The van der Waals surface area contributed by atoms with Gasteiger partial charge in [0, 0.05) is 29.6 Å². The summed E-state index contributed by atoms with van der Waals surface area (Å²) < 4.78 is 26.5. The molecule has 0 aliphatic rings. The van der Waals surface area contributed by atoms with Crippen molar-refractivity contribution in [2.45, 2.75) is 29.9 Å². The number of aromatic nitrogens is 2. The van der Waals surface area contributed by atoms with E-state index < -0.39 is 14.6 Å². The summed E-state index contributed by atoms with van der Waals surface area (Å²) >= 11 is 1.58. The number of para-hydroxylation sites is 1. The topological polar surface area (TPSA) is 92.2 Å². The molecule has 8 heteroatoms. The standard InChI is InChI=1S/C21H21N3O3S2/c1-21(2,9-11-25)29(26,27)19-5-3-4-15-16(8-10-22-20(15)19)24-14-6-7-18-17(12-14)23-13-28-18/h3-8,10,12-13,25H,9,11H2,1-2H3,(H,22,24). The highest BCUT2D eigenvalue weighted by molar-refractivity contribution is 7.93. The SMILES string of the molecule is CC(C)(CCO)S(=O)(=O)c1cccc2c(Nc3ccc4scnc4c3)ccnc12. The van der Waals surface area contributed by atoms with E-state index in [2.05, 4.69) is 15.3 Å². The van der Waals surface area contributed by atoms with Crippen molar-refractivity contribution in [3.8, 4) is 0 Å². The molecular formula is C21H21N3O3S2.